The molecule has 0 N–H and O–H groups in total. The third kappa shape index (κ3) is 3.50. The van der Waals surface area contributed by atoms with Gasteiger partial charge < -0.3 is 4.74 Å². The van der Waals surface area contributed by atoms with E-state index in [0.29, 0.717) is 22.8 Å². The largest absolute Gasteiger partial charge is 0.488 e. The average molecular weight is 355 g/mol. The molecule has 0 aliphatic rings. The summed E-state index contributed by atoms with van der Waals surface area (Å²) in [6.45, 7) is 0.0936. The summed E-state index contributed by atoms with van der Waals surface area (Å²) in [6, 6.07) is 11.7. The van der Waals surface area contributed by atoms with Crippen molar-refractivity contribution in [1.82, 2.24) is 0 Å². The van der Waals surface area contributed by atoms with Gasteiger partial charge in [-0.2, -0.15) is 5.26 Å². The van der Waals surface area contributed by atoms with E-state index in [9.17, 15) is 4.39 Å². The van der Waals surface area contributed by atoms with Crippen LogP contribution in [0.3, 0.4) is 0 Å². The van der Waals surface area contributed by atoms with Crippen molar-refractivity contribution < 1.29 is 9.13 Å². The number of nitriles is 1. The molecule has 0 aliphatic heterocycles. The molecule has 0 aromatic heterocycles. The summed E-state index contributed by atoms with van der Waals surface area (Å²) in [5.41, 5.74) is 1.66. The fourth-order valence-electron chi connectivity index (χ4n) is 1.63. The predicted molar refractivity (Wildman–Crippen MR) is 79.1 cm³/mol. The van der Waals surface area contributed by atoms with E-state index < -0.39 is 5.82 Å². The molecule has 0 amide bonds. The molecule has 0 radical (unpaired) electrons. The molecular weight excluding hydrogens is 345 g/mol. The summed E-state index contributed by atoms with van der Waals surface area (Å²) < 4.78 is 20.0. The Morgan fingerprint density at radius 3 is 2.65 bits per heavy atom. The Bertz CT molecular complexity index is 669. The molecule has 0 bridgehead atoms. The molecule has 0 saturated carbocycles. The number of hydrogen-bond acceptors (Lipinski definition) is 2. The molecule has 0 saturated heterocycles. The van der Waals surface area contributed by atoms with Gasteiger partial charge in [0, 0.05) is 11.4 Å². The number of alkyl halides is 1. The summed E-state index contributed by atoms with van der Waals surface area (Å²) in [4.78, 5) is 0. The first-order chi connectivity index (χ1) is 9.63. The highest BCUT2D eigenvalue weighted by atomic mass is 79.9. The van der Waals surface area contributed by atoms with Gasteiger partial charge in [0.25, 0.3) is 0 Å². The minimum absolute atomic E-state index is 0.0936. The van der Waals surface area contributed by atoms with E-state index in [0.717, 1.165) is 10.0 Å². The van der Waals surface area contributed by atoms with Gasteiger partial charge >= 0.3 is 0 Å². The Balaban J connectivity index is 2.11. The van der Waals surface area contributed by atoms with Crippen LogP contribution in [0.2, 0.25) is 0 Å². The van der Waals surface area contributed by atoms with Gasteiger partial charge in [-0.05, 0) is 45.8 Å². The average Bonchev–Trinajstić information content (AvgIpc) is 2.46. The lowest BCUT2D eigenvalue weighted by molar-refractivity contribution is 0.298. The molecule has 5 heteroatoms. The lowest BCUT2D eigenvalue weighted by Gasteiger charge is -2.10. The maximum atomic E-state index is 13.7. The standard InChI is InChI=1S/C15H10BrClFNO/c16-13-5-10(7-17)2-4-15(13)20-9-12-3-1-11(8-19)6-14(12)18/h1-6H,7,9H2. The maximum Gasteiger partial charge on any atom is 0.134 e. The molecule has 0 spiro atoms. The van der Waals surface area contributed by atoms with Crippen molar-refractivity contribution in [1.29, 1.82) is 5.26 Å². The second-order valence-electron chi connectivity index (χ2n) is 4.11. The van der Waals surface area contributed by atoms with Crippen molar-refractivity contribution in [2.75, 3.05) is 0 Å². The van der Waals surface area contributed by atoms with Gasteiger partial charge in [0.05, 0.1) is 16.1 Å². The van der Waals surface area contributed by atoms with Crippen LogP contribution in [0.25, 0.3) is 0 Å². The molecular formula is C15H10BrClFNO. The number of halogens is 3. The number of rotatable bonds is 4. The molecule has 2 aromatic rings. The number of hydrogen-bond donors (Lipinski definition) is 0. The maximum absolute atomic E-state index is 13.7. The molecule has 102 valence electrons. The normalized spacial score (nSPS) is 10.1. The summed E-state index contributed by atoms with van der Waals surface area (Å²) in [5.74, 6) is 0.587. The second kappa shape index (κ2) is 6.74. The highest BCUT2D eigenvalue weighted by Crippen LogP contribution is 2.27. The summed E-state index contributed by atoms with van der Waals surface area (Å²) in [6.07, 6.45) is 0. The quantitative estimate of drug-likeness (QED) is 0.740. The minimum Gasteiger partial charge on any atom is -0.488 e. The molecule has 2 nitrogen and oxygen atoms in total. The zero-order valence-corrected chi connectivity index (χ0v) is 12.7. The van der Waals surface area contributed by atoms with Crippen LogP contribution < -0.4 is 4.74 Å². The van der Waals surface area contributed by atoms with Crippen molar-refractivity contribution in [3.05, 3.63) is 63.4 Å². The van der Waals surface area contributed by atoms with Crippen molar-refractivity contribution in [3.63, 3.8) is 0 Å². The first-order valence-electron chi connectivity index (χ1n) is 5.79. The lowest BCUT2D eigenvalue weighted by Crippen LogP contribution is -1.99. The zero-order chi connectivity index (χ0) is 14.5. The van der Waals surface area contributed by atoms with Crippen LogP contribution in [-0.2, 0) is 12.5 Å². The first kappa shape index (κ1) is 14.8. The van der Waals surface area contributed by atoms with Gasteiger partial charge in [-0.3, -0.25) is 0 Å². The molecule has 0 fully saturated rings. The smallest absolute Gasteiger partial charge is 0.134 e. The van der Waals surface area contributed by atoms with Crippen molar-refractivity contribution in [2.24, 2.45) is 0 Å². The van der Waals surface area contributed by atoms with E-state index in [2.05, 4.69) is 15.9 Å². The van der Waals surface area contributed by atoms with Crippen LogP contribution in [0.5, 0.6) is 5.75 Å². The highest BCUT2D eigenvalue weighted by molar-refractivity contribution is 9.10. The number of benzene rings is 2. The topological polar surface area (TPSA) is 33.0 Å². The Morgan fingerprint density at radius 1 is 1.25 bits per heavy atom. The van der Waals surface area contributed by atoms with Gasteiger partial charge in [0.15, 0.2) is 0 Å². The van der Waals surface area contributed by atoms with Crippen LogP contribution >= 0.6 is 27.5 Å². The molecule has 2 rings (SSSR count). The lowest BCUT2D eigenvalue weighted by atomic mass is 10.1. The van der Waals surface area contributed by atoms with Crippen LogP contribution in [0.1, 0.15) is 16.7 Å². The molecule has 20 heavy (non-hydrogen) atoms. The fraction of sp³-hybridized carbons (Fsp3) is 0.133. The SMILES string of the molecule is N#Cc1ccc(COc2ccc(CCl)cc2Br)c(F)c1. The monoisotopic (exact) mass is 353 g/mol. The third-order valence-corrected chi connectivity index (χ3v) is 3.64. The second-order valence-corrected chi connectivity index (χ2v) is 5.23. The van der Waals surface area contributed by atoms with Gasteiger partial charge in [0.1, 0.15) is 18.2 Å². The summed E-state index contributed by atoms with van der Waals surface area (Å²) in [7, 11) is 0. The number of nitrogens with zero attached hydrogens (tertiary/aromatic N) is 1. The molecule has 0 heterocycles. The van der Waals surface area contributed by atoms with Gasteiger partial charge in [-0.25, -0.2) is 4.39 Å². The Labute approximate surface area is 129 Å². The van der Waals surface area contributed by atoms with E-state index in [-0.39, 0.29) is 6.61 Å². The van der Waals surface area contributed by atoms with E-state index in [1.165, 1.54) is 6.07 Å². The Morgan fingerprint density at radius 2 is 2.05 bits per heavy atom. The van der Waals surface area contributed by atoms with Crippen LogP contribution in [0, 0.1) is 17.1 Å². The van der Waals surface area contributed by atoms with Crippen LogP contribution in [0.4, 0.5) is 4.39 Å². The molecule has 0 unspecified atom stereocenters. The Kier molecular flexibility index (Phi) is 4.99. The van der Waals surface area contributed by atoms with Crippen LogP contribution in [-0.4, -0.2) is 0 Å². The Hall–Kier alpha value is -1.57. The molecule has 0 aliphatic carbocycles. The molecule has 0 atom stereocenters. The van der Waals surface area contributed by atoms with Gasteiger partial charge in [0.2, 0.25) is 0 Å². The highest BCUT2D eigenvalue weighted by Gasteiger charge is 2.07. The van der Waals surface area contributed by atoms with E-state index in [1.807, 2.05) is 18.2 Å². The van der Waals surface area contributed by atoms with Crippen molar-refractivity contribution in [2.45, 2.75) is 12.5 Å². The third-order valence-electron chi connectivity index (χ3n) is 2.72. The fourth-order valence-corrected chi connectivity index (χ4v) is 2.34. The van der Waals surface area contributed by atoms with E-state index in [1.54, 1.807) is 18.2 Å². The summed E-state index contributed by atoms with van der Waals surface area (Å²) >= 11 is 9.12. The van der Waals surface area contributed by atoms with Crippen LogP contribution in [0.15, 0.2) is 40.9 Å². The minimum atomic E-state index is -0.447. The van der Waals surface area contributed by atoms with Crippen molar-refractivity contribution >= 4 is 27.5 Å². The van der Waals surface area contributed by atoms with Crippen molar-refractivity contribution in [3.8, 4) is 11.8 Å². The first-order valence-corrected chi connectivity index (χ1v) is 7.12. The van der Waals surface area contributed by atoms with Gasteiger partial charge in [-0.15, -0.1) is 11.6 Å². The molecule has 2 aromatic carbocycles. The van der Waals surface area contributed by atoms with E-state index in [4.69, 9.17) is 21.6 Å². The van der Waals surface area contributed by atoms with Gasteiger partial charge in [-0.1, -0.05) is 12.1 Å². The van der Waals surface area contributed by atoms with E-state index >= 15 is 0 Å². The summed E-state index contributed by atoms with van der Waals surface area (Å²) in [5, 5.41) is 8.68. The predicted octanol–water partition coefficient (Wildman–Crippen LogP) is 4.78. The zero-order valence-electron chi connectivity index (χ0n) is 10.4. The number of ether oxygens (including phenoxy) is 1.